The normalized spacial score (nSPS) is 11.0. The van der Waals surface area contributed by atoms with Gasteiger partial charge in [-0.1, -0.05) is 12.1 Å². The molecule has 0 unspecified atom stereocenters. The highest BCUT2D eigenvalue weighted by Gasteiger charge is 2.13. The van der Waals surface area contributed by atoms with Gasteiger partial charge in [-0.3, -0.25) is 4.40 Å². The molecule has 3 aromatic rings. The monoisotopic (exact) mass is 301 g/mol. The van der Waals surface area contributed by atoms with Gasteiger partial charge in [-0.2, -0.15) is 0 Å². The maximum Gasteiger partial charge on any atom is 0.337 e. The van der Waals surface area contributed by atoms with Gasteiger partial charge in [0.1, 0.15) is 0 Å². The molecule has 0 spiro atoms. The number of imidazole rings is 1. The van der Waals surface area contributed by atoms with Crippen molar-refractivity contribution in [2.45, 2.75) is 20.4 Å². The molecule has 1 aromatic carbocycles. The second-order valence-corrected chi connectivity index (χ2v) is 6.06. The van der Waals surface area contributed by atoms with Crippen molar-refractivity contribution in [3.63, 3.8) is 0 Å². The highest BCUT2D eigenvalue weighted by molar-refractivity contribution is 7.17. The van der Waals surface area contributed by atoms with Crippen molar-refractivity contribution in [3.05, 3.63) is 52.3 Å². The van der Waals surface area contributed by atoms with Gasteiger partial charge < -0.3 is 10.4 Å². The molecular weight excluding hydrogens is 286 g/mol. The fourth-order valence-electron chi connectivity index (χ4n) is 2.32. The van der Waals surface area contributed by atoms with Crippen LogP contribution in [0.1, 0.15) is 26.6 Å². The van der Waals surface area contributed by atoms with Crippen LogP contribution >= 0.6 is 11.3 Å². The Labute approximate surface area is 125 Å². The zero-order valence-corrected chi connectivity index (χ0v) is 12.6. The topological polar surface area (TPSA) is 66.6 Å². The van der Waals surface area contributed by atoms with E-state index in [4.69, 9.17) is 0 Å². The van der Waals surface area contributed by atoms with Crippen molar-refractivity contribution >= 4 is 28.0 Å². The number of hydrogen-bond donors (Lipinski definition) is 2. The number of benzene rings is 1. The lowest BCUT2D eigenvalue weighted by Gasteiger charge is -2.09. The highest BCUT2D eigenvalue weighted by atomic mass is 32.1. The fourth-order valence-corrected chi connectivity index (χ4v) is 3.21. The fraction of sp³-hybridized carbons (Fsp3) is 0.200. The van der Waals surface area contributed by atoms with Gasteiger partial charge in [-0.05, 0) is 26.0 Å². The minimum atomic E-state index is -0.931. The second kappa shape index (κ2) is 5.21. The van der Waals surface area contributed by atoms with Crippen LogP contribution in [0.25, 0.3) is 4.96 Å². The van der Waals surface area contributed by atoms with E-state index in [0.717, 1.165) is 16.3 Å². The molecule has 0 amide bonds. The summed E-state index contributed by atoms with van der Waals surface area (Å²) in [7, 11) is 0. The largest absolute Gasteiger partial charge is 0.478 e. The highest BCUT2D eigenvalue weighted by Crippen LogP contribution is 2.22. The third kappa shape index (κ3) is 2.50. The van der Waals surface area contributed by atoms with E-state index in [1.54, 1.807) is 29.5 Å². The summed E-state index contributed by atoms with van der Waals surface area (Å²) in [6, 6.07) is 6.91. The van der Waals surface area contributed by atoms with Crippen molar-refractivity contribution in [3.8, 4) is 0 Å². The van der Waals surface area contributed by atoms with E-state index in [0.29, 0.717) is 12.2 Å². The van der Waals surface area contributed by atoms with Crippen molar-refractivity contribution in [1.82, 2.24) is 9.38 Å². The van der Waals surface area contributed by atoms with E-state index in [9.17, 15) is 9.90 Å². The summed E-state index contributed by atoms with van der Waals surface area (Å²) in [5, 5.41) is 12.4. The number of rotatable bonds is 4. The number of aryl methyl sites for hydroxylation is 2. The Morgan fingerprint density at radius 2 is 2.14 bits per heavy atom. The van der Waals surface area contributed by atoms with E-state index >= 15 is 0 Å². The predicted molar refractivity (Wildman–Crippen MR) is 83.3 cm³/mol. The molecule has 0 aliphatic heterocycles. The van der Waals surface area contributed by atoms with Crippen LogP contribution in [0.5, 0.6) is 0 Å². The lowest BCUT2D eigenvalue weighted by Crippen LogP contribution is -2.08. The number of thiazole rings is 1. The Kier molecular flexibility index (Phi) is 3.39. The second-order valence-electron chi connectivity index (χ2n) is 4.84. The molecule has 2 N–H and O–H groups in total. The number of carbonyl (C=O) groups is 1. The maximum atomic E-state index is 11.2. The number of fused-ring (bicyclic) bond motifs is 1. The molecule has 5 nitrogen and oxygen atoms in total. The summed E-state index contributed by atoms with van der Waals surface area (Å²) >= 11 is 1.65. The molecule has 0 fully saturated rings. The summed E-state index contributed by atoms with van der Waals surface area (Å²) < 4.78 is 2.06. The smallest absolute Gasteiger partial charge is 0.337 e. The van der Waals surface area contributed by atoms with Crippen LogP contribution in [-0.2, 0) is 6.54 Å². The first-order chi connectivity index (χ1) is 10.1. The molecule has 0 atom stereocenters. The molecule has 0 saturated carbocycles. The van der Waals surface area contributed by atoms with E-state index in [1.807, 2.05) is 19.9 Å². The van der Waals surface area contributed by atoms with Gasteiger partial charge in [-0.25, -0.2) is 9.78 Å². The van der Waals surface area contributed by atoms with E-state index in [-0.39, 0.29) is 5.56 Å². The average molecular weight is 301 g/mol. The number of anilines is 1. The number of carboxylic acids is 1. The standard InChI is InChI=1S/C15H15N3O2S/c1-9-8-18-13(10(2)17-15(18)21-9)7-16-12-6-4-3-5-11(12)14(19)20/h3-6,8,16H,7H2,1-2H3,(H,19,20). The minimum Gasteiger partial charge on any atom is -0.478 e. The molecule has 2 heterocycles. The molecule has 0 saturated heterocycles. The van der Waals surface area contributed by atoms with Crippen molar-refractivity contribution in [2.75, 3.05) is 5.32 Å². The third-order valence-electron chi connectivity index (χ3n) is 3.34. The molecule has 2 aromatic heterocycles. The first-order valence-electron chi connectivity index (χ1n) is 6.56. The van der Waals surface area contributed by atoms with Crippen LogP contribution in [0.2, 0.25) is 0 Å². The van der Waals surface area contributed by atoms with Gasteiger partial charge in [0, 0.05) is 16.8 Å². The summed E-state index contributed by atoms with van der Waals surface area (Å²) in [6.07, 6.45) is 2.06. The van der Waals surface area contributed by atoms with Gasteiger partial charge in [0.15, 0.2) is 4.96 Å². The number of aromatic nitrogens is 2. The molecule has 0 bridgehead atoms. The summed E-state index contributed by atoms with van der Waals surface area (Å²) in [6.45, 7) is 4.55. The lowest BCUT2D eigenvalue weighted by atomic mass is 10.2. The van der Waals surface area contributed by atoms with E-state index < -0.39 is 5.97 Å². The Morgan fingerprint density at radius 3 is 2.90 bits per heavy atom. The number of nitrogens with one attached hydrogen (secondary N) is 1. The Hall–Kier alpha value is -2.34. The molecular formula is C15H15N3O2S. The van der Waals surface area contributed by atoms with Crippen LogP contribution in [-0.4, -0.2) is 20.5 Å². The summed E-state index contributed by atoms with van der Waals surface area (Å²) in [5.74, 6) is -0.931. The van der Waals surface area contributed by atoms with Crippen LogP contribution in [0.4, 0.5) is 5.69 Å². The predicted octanol–water partition coefficient (Wildman–Crippen LogP) is 3.32. The Bertz CT molecular complexity index is 820. The number of nitrogens with zero attached hydrogens (tertiary/aromatic N) is 2. The first-order valence-corrected chi connectivity index (χ1v) is 7.38. The zero-order chi connectivity index (χ0) is 15.0. The molecule has 3 rings (SSSR count). The molecule has 0 radical (unpaired) electrons. The minimum absolute atomic E-state index is 0.275. The molecule has 6 heteroatoms. The van der Waals surface area contributed by atoms with Crippen LogP contribution < -0.4 is 5.32 Å². The van der Waals surface area contributed by atoms with Crippen LogP contribution in [0, 0.1) is 13.8 Å². The van der Waals surface area contributed by atoms with Crippen LogP contribution in [0.15, 0.2) is 30.5 Å². The third-order valence-corrected chi connectivity index (χ3v) is 4.24. The van der Waals surface area contributed by atoms with Crippen molar-refractivity contribution in [1.29, 1.82) is 0 Å². The number of para-hydroxylation sites is 1. The van der Waals surface area contributed by atoms with Crippen molar-refractivity contribution < 1.29 is 9.90 Å². The number of hydrogen-bond acceptors (Lipinski definition) is 4. The zero-order valence-electron chi connectivity index (χ0n) is 11.8. The van der Waals surface area contributed by atoms with Crippen LogP contribution in [0.3, 0.4) is 0 Å². The average Bonchev–Trinajstić information content (AvgIpc) is 2.92. The SMILES string of the molecule is Cc1cn2c(CNc3ccccc3C(=O)O)c(C)nc2s1. The Balaban J connectivity index is 1.90. The maximum absolute atomic E-state index is 11.2. The van der Waals surface area contributed by atoms with E-state index in [2.05, 4.69) is 20.9 Å². The lowest BCUT2D eigenvalue weighted by molar-refractivity contribution is 0.0698. The first kappa shape index (κ1) is 13.6. The molecule has 108 valence electrons. The number of aromatic carboxylic acids is 1. The number of carboxylic acid groups (broad SMARTS) is 1. The van der Waals surface area contributed by atoms with Gasteiger partial charge >= 0.3 is 5.97 Å². The molecule has 0 aliphatic rings. The summed E-state index contributed by atoms with van der Waals surface area (Å²) in [5.41, 5.74) is 2.90. The van der Waals surface area contributed by atoms with Crippen molar-refractivity contribution in [2.24, 2.45) is 0 Å². The summed E-state index contributed by atoms with van der Waals surface area (Å²) in [4.78, 5) is 17.9. The quantitative estimate of drug-likeness (QED) is 0.775. The molecule has 21 heavy (non-hydrogen) atoms. The molecule has 0 aliphatic carbocycles. The Morgan fingerprint density at radius 1 is 1.38 bits per heavy atom. The van der Waals surface area contributed by atoms with Gasteiger partial charge in [0.25, 0.3) is 0 Å². The van der Waals surface area contributed by atoms with E-state index in [1.165, 1.54) is 4.88 Å². The van der Waals surface area contributed by atoms with Gasteiger partial charge in [0.2, 0.25) is 0 Å². The van der Waals surface area contributed by atoms with Gasteiger partial charge in [0.05, 0.1) is 23.5 Å². The van der Waals surface area contributed by atoms with Gasteiger partial charge in [-0.15, -0.1) is 11.3 Å².